The van der Waals surface area contributed by atoms with Crippen molar-refractivity contribution in [3.8, 4) is 0 Å². The number of amides is 1. The smallest absolute Gasteiger partial charge is 0.329 e. The number of hydrogen-bond acceptors (Lipinski definition) is 7. The molecule has 0 fully saturated rings. The van der Waals surface area contributed by atoms with E-state index in [4.69, 9.17) is 4.74 Å². The van der Waals surface area contributed by atoms with Crippen LogP contribution in [0.25, 0.3) is 10.8 Å². The van der Waals surface area contributed by atoms with E-state index in [1.807, 2.05) is 36.4 Å². The van der Waals surface area contributed by atoms with Crippen LogP contribution in [-0.4, -0.2) is 51.2 Å². The normalized spacial score (nSPS) is 12.5. The molecule has 2 rings (SSSR count). The summed E-state index contributed by atoms with van der Waals surface area (Å²) in [5.74, 6) is -4.21. The van der Waals surface area contributed by atoms with Gasteiger partial charge in [0.25, 0.3) is 0 Å². The molecule has 2 aromatic rings. The Bertz CT molecular complexity index is 909. The number of benzene rings is 2. The summed E-state index contributed by atoms with van der Waals surface area (Å²) in [4.78, 5) is 48.6. The zero-order valence-corrected chi connectivity index (χ0v) is 16.5. The van der Waals surface area contributed by atoms with E-state index in [1.54, 1.807) is 6.07 Å². The van der Waals surface area contributed by atoms with Gasteiger partial charge in [0, 0.05) is 0 Å². The monoisotopic (exact) mass is 401 g/mol. The lowest BCUT2D eigenvalue weighted by Crippen LogP contribution is -2.50. The minimum absolute atomic E-state index is 0.0234. The van der Waals surface area contributed by atoms with Gasteiger partial charge >= 0.3 is 17.9 Å². The molecule has 0 unspecified atom stereocenters. The maximum Gasteiger partial charge on any atom is 0.329 e. The van der Waals surface area contributed by atoms with Crippen molar-refractivity contribution in [3.63, 3.8) is 0 Å². The van der Waals surface area contributed by atoms with Gasteiger partial charge in [-0.05, 0) is 16.3 Å². The predicted molar refractivity (Wildman–Crippen MR) is 104 cm³/mol. The lowest BCUT2D eigenvalue weighted by molar-refractivity contribution is -0.159. The molecule has 0 aliphatic carbocycles. The maximum atomic E-state index is 12.6. The van der Waals surface area contributed by atoms with Gasteiger partial charge in [-0.15, -0.1) is 0 Å². The summed E-state index contributed by atoms with van der Waals surface area (Å²) in [6.07, 6.45) is -0.469. The molecule has 1 amide bonds. The minimum Gasteiger partial charge on any atom is -0.469 e. The van der Waals surface area contributed by atoms with Crippen molar-refractivity contribution in [3.05, 3.63) is 48.0 Å². The molecule has 1 N–H and O–H groups in total. The van der Waals surface area contributed by atoms with Crippen LogP contribution in [-0.2, 0) is 39.8 Å². The fourth-order valence-electron chi connectivity index (χ4n) is 2.96. The first-order chi connectivity index (χ1) is 13.9. The molecule has 0 bridgehead atoms. The molecular formula is C21H23NO7. The highest BCUT2D eigenvalue weighted by molar-refractivity contribution is 5.92. The van der Waals surface area contributed by atoms with Crippen LogP contribution in [0.15, 0.2) is 42.5 Å². The molecule has 8 nitrogen and oxygen atoms in total. The van der Waals surface area contributed by atoms with Crippen molar-refractivity contribution in [2.75, 3.05) is 21.3 Å². The summed E-state index contributed by atoms with van der Waals surface area (Å²) < 4.78 is 13.9. The van der Waals surface area contributed by atoms with E-state index in [-0.39, 0.29) is 6.42 Å². The Balaban J connectivity index is 2.20. The zero-order valence-electron chi connectivity index (χ0n) is 16.5. The molecule has 0 aliphatic heterocycles. The van der Waals surface area contributed by atoms with E-state index in [2.05, 4.69) is 14.8 Å². The fraction of sp³-hybridized carbons (Fsp3) is 0.333. The number of carbonyl (C=O) groups is 4. The van der Waals surface area contributed by atoms with Crippen LogP contribution in [0.2, 0.25) is 0 Å². The van der Waals surface area contributed by atoms with Crippen molar-refractivity contribution in [2.24, 2.45) is 5.92 Å². The summed E-state index contributed by atoms with van der Waals surface area (Å²) >= 11 is 0. The molecule has 0 spiro atoms. The van der Waals surface area contributed by atoms with Gasteiger partial charge in [-0.1, -0.05) is 42.5 Å². The van der Waals surface area contributed by atoms with Crippen molar-refractivity contribution in [2.45, 2.75) is 18.9 Å². The molecule has 2 atom stereocenters. The molecule has 2 aromatic carbocycles. The lowest BCUT2D eigenvalue weighted by Gasteiger charge is -2.23. The first kappa shape index (κ1) is 21.9. The molecule has 0 saturated heterocycles. The highest BCUT2D eigenvalue weighted by Gasteiger charge is 2.38. The van der Waals surface area contributed by atoms with Gasteiger partial charge in [0.2, 0.25) is 5.91 Å². The molecule has 0 heterocycles. The van der Waals surface area contributed by atoms with Crippen LogP contribution >= 0.6 is 0 Å². The third-order valence-corrected chi connectivity index (χ3v) is 4.47. The Kier molecular flexibility index (Phi) is 7.70. The highest BCUT2D eigenvalue weighted by Crippen LogP contribution is 2.17. The average molecular weight is 401 g/mol. The minimum atomic E-state index is -1.39. The largest absolute Gasteiger partial charge is 0.469 e. The second-order valence-electron chi connectivity index (χ2n) is 6.34. The van der Waals surface area contributed by atoms with E-state index in [0.717, 1.165) is 37.7 Å². The molecule has 154 valence electrons. The van der Waals surface area contributed by atoms with E-state index in [1.165, 1.54) is 0 Å². The third kappa shape index (κ3) is 5.78. The van der Waals surface area contributed by atoms with Crippen LogP contribution < -0.4 is 5.32 Å². The summed E-state index contributed by atoms with van der Waals surface area (Å²) in [5.41, 5.74) is 0.729. The topological polar surface area (TPSA) is 108 Å². The Hall–Kier alpha value is -3.42. The van der Waals surface area contributed by atoms with Crippen LogP contribution in [0.1, 0.15) is 12.0 Å². The van der Waals surface area contributed by atoms with Gasteiger partial charge in [0.1, 0.15) is 6.04 Å². The van der Waals surface area contributed by atoms with Crippen molar-refractivity contribution >= 4 is 34.6 Å². The number of nitrogens with one attached hydrogen (secondary N) is 1. The van der Waals surface area contributed by atoms with Crippen molar-refractivity contribution in [1.29, 1.82) is 0 Å². The fourth-order valence-corrected chi connectivity index (χ4v) is 2.96. The number of hydrogen-bond donors (Lipinski definition) is 1. The second kappa shape index (κ2) is 10.2. The number of rotatable bonds is 8. The van der Waals surface area contributed by atoms with Crippen molar-refractivity contribution < 1.29 is 33.4 Å². The van der Waals surface area contributed by atoms with Gasteiger partial charge in [0.05, 0.1) is 40.1 Å². The lowest BCUT2D eigenvalue weighted by atomic mass is 9.95. The Morgan fingerprint density at radius 2 is 1.52 bits per heavy atom. The van der Waals surface area contributed by atoms with Crippen LogP contribution in [0, 0.1) is 5.92 Å². The molecular weight excluding hydrogens is 378 g/mol. The van der Waals surface area contributed by atoms with E-state index in [9.17, 15) is 19.2 Å². The second-order valence-corrected chi connectivity index (χ2v) is 6.34. The summed E-state index contributed by atoms with van der Waals surface area (Å²) in [5, 5.41) is 4.49. The third-order valence-electron chi connectivity index (χ3n) is 4.47. The van der Waals surface area contributed by atoms with Crippen LogP contribution in [0.5, 0.6) is 0 Å². The number of methoxy groups -OCH3 is 3. The van der Waals surface area contributed by atoms with Gasteiger partial charge in [-0.25, -0.2) is 4.79 Å². The number of esters is 3. The molecule has 29 heavy (non-hydrogen) atoms. The molecule has 0 aromatic heterocycles. The SMILES string of the molecule is COC(=O)C[C@H](C(=O)OC)[C@H](NC(=O)Cc1ccc2ccccc2c1)C(=O)OC. The van der Waals surface area contributed by atoms with Crippen LogP contribution in [0.3, 0.4) is 0 Å². The first-order valence-corrected chi connectivity index (χ1v) is 8.89. The molecule has 8 heteroatoms. The number of fused-ring (bicyclic) bond motifs is 1. The number of ether oxygens (including phenoxy) is 3. The molecule has 0 radical (unpaired) electrons. The predicted octanol–water partition coefficient (Wildman–Crippen LogP) is 1.39. The van der Waals surface area contributed by atoms with E-state index in [0.29, 0.717) is 0 Å². The van der Waals surface area contributed by atoms with E-state index < -0.39 is 42.2 Å². The van der Waals surface area contributed by atoms with Gasteiger partial charge < -0.3 is 19.5 Å². The quantitative estimate of drug-likeness (QED) is 0.526. The summed E-state index contributed by atoms with van der Waals surface area (Å²) in [6, 6.07) is 11.9. The average Bonchev–Trinajstić information content (AvgIpc) is 2.74. The highest BCUT2D eigenvalue weighted by atomic mass is 16.5. The van der Waals surface area contributed by atoms with Gasteiger partial charge in [-0.3, -0.25) is 14.4 Å². The summed E-state index contributed by atoms with van der Waals surface area (Å²) in [7, 11) is 3.40. The first-order valence-electron chi connectivity index (χ1n) is 8.89. The molecule has 0 aliphatic rings. The van der Waals surface area contributed by atoms with Gasteiger partial charge in [-0.2, -0.15) is 0 Å². The Morgan fingerprint density at radius 1 is 0.862 bits per heavy atom. The Labute approximate surface area is 168 Å². The van der Waals surface area contributed by atoms with Gasteiger partial charge in [0.15, 0.2) is 0 Å². The zero-order chi connectivity index (χ0) is 21.4. The standard InChI is InChI=1S/C21H23NO7/c1-27-18(24)12-16(20(25)28-2)19(21(26)29-3)22-17(23)11-13-8-9-14-6-4-5-7-15(14)10-13/h4-10,16,19H,11-12H2,1-3H3,(H,22,23)/t16-,19-/m0/s1. The van der Waals surface area contributed by atoms with Crippen molar-refractivity contribution in [1.82, 2.24) is 5.32 Å². The van der Waals surface area contributed by atoms with E-state index >= 15 is 0 Å². The molecule has 0 saturated carbocycles. The Morgan fingerprint density at radius 3 is 2.14 bits per heavy atom. The van der Waals surface area contributed by atoms with Crippen LogP contribution in [0.4, 0.5) is 0 Å². The maximum absolute atomic E-state index is 12.6. The summed E-state index contributed by atoms with van der Waals surface area (Å²) in [6.45, 7) is 0. The number of carbonyl (C=O) groups excluding carboxylic acids is 4.